The van der Waals surface area contributed by atoms with E-state index in [1.165, 1.54) is 19.3 Å². The third-order valence-electron chi connectivity index (χ3n) is 4.30. The van der Waals surface area contributed by atoms with Gasteiger partial charge in [0.05, 0.1) is 6.10 Å². The summed E-state index contributed by atoms with van der Waals surface area (Å²) in [4.78, 5) is 0. The molecule has 0 aliphatic heterocycles. The Hall–Kier alpha value is -0.300. The van der Waals surface area contributed by atoms with E-state index in [1.54, 1.807) is 5.57 Å². The molecule has 2 aliphatic carbocycles. The monoisotopic (exact) mass is 180 g/mol. The Kier molecular flexibility index (Phi) is 2.23. The summed E-state index contributed by atoms with van der Waals surface area (Å²) in [5.74, 6) is 0.752. The average Bonchev–Trinajstić information content (AvgIpc) is 2.42. The molecule has 0 heterocycles. The maximum Gasteiger partial charge on any atom is 0.0543 e. The van der Waals surface area contributed by atoms with Crippen molar-refractivity contribution in [1.29, 1.82) is 0 Å². The Morgan fingerprint density at radius 3 is 2.92 bits per heavy atom. The minimum absolute atomic E-state index is 0.0192. The summed E-state index contributed by atoms with van der Waals surface area (Å²) < 4.78 is 0. The zero-order chi connectivity index (χ0) is 9.47. The summed E-state index contributed by atoms with van der Waals surface area (Å²) in [5, 5.41) is 9.61. The number of allylic oxidation sites excluding steroid dienone is 2. The highest BCUT2D eigenvalue weighted by Gasteiger charge is 2.45. The normalized spacial score (nSPS) is 48.1. The highest BCUT2D eigenvalue weighted by atomic mass is 16.3. The summed E-state index contributed by atoms with van der Waals surface area (Å²) in [6, 6.07) is 0. The lowest BCUT2D eigenvalue weighted by atomic mass is 9.67. The van der Waals surface area contributed by atoms with Crippen LogP contribution in [0.5, 0.6) is 0 Å². The Morgan fingerprint density at radius 2 is 2.23 bits per heavy atom. The maximum atomic E-state index is 9.61. The molecule has 2 rings (SSSR count). The second-order valence-corrected chi connectivity index (χ2v) is 4.90. The first-order valence-corrected chi connectivity index (χ1v) is 5.50. The fourth-order valence-electron chi connectivity index (χ4n) is 3.33. The summed E-state index contributed by atoms with van der Waals surface area (Å²) >= 11 is 0. The van der Waals surface area contributed by atoms with Gasteiger partial charge in [-0.2, -0.15) is 0 Å². The molecule has 1 N–H and O–H groups in total. The Labute approximate surface area is 80.8 Å². The van der Waals surface area contributed by atoms with Gasteiger partial charge in [-0.3, -0.25) is 0 Å². The molecule has 3 atom stereocenters. The second-order valence-electron chi connectivity index (χ2n) is 4.90. The van der Waals surface area contributed by atoms with Crippen LogP contribution in [0.3, 0.4) is 0 Å². The van der Waals surface area contributed by atoms with E-state index < -0.39 is 0 Å². The molecule has 0 spiro atoms. The van der Waals surface area contributed by atoms with E-state index in [4.69, 9.17) is 0 Å². The van der Waals surface area contributed by atoms with E-state index in [9.17, 15) is 5.11 Å². The molecule has 0 amide bonds. The minimum atomic E-state index is -0.0192. The molecule has 1 heteroatoms. The van der Waals surface area contributed by atoms with Gasteiger partial charge in [0.25, 0.3) is 0 Å². The van der Waals surface area contributed by atoms with Crippen LogP contribution in [0.4, 0.5) is 0 Å². The number of aliphatic hydroxyl groups is 1. The van der Waals surface area contributed by atoms with E-state index in [0.29, 0.717) is 5.41 Å². The molecule has 2 fully saturated rings. The first kappa shape index (κ1) is 9.26. The van der Waals surface area contributed by atoms with E-state index in [0.717, 1.165) is 18.8 Å². The van der Waals surface area contributed by atoms with Gasteiger partial charge >= 0.3 is 0 Å². The summed E-state index contributed by atoms with van der Waals surface area (Å²) in [6.45, 7) is 4.56. The van der Waals surface area contributed by atoms with Crippen molar-refractivity contribution >= 4 is 0 Å². The molecule has 0 aromatic carbocycles. The lowest BCUT2D eigenvalue weighted by molar-refractivity contribution is 0.0505. The predicted octanol–water partition coefficient (Wildman–Crippen LogP) is 2.89. The van der Waals surface area contributed by atoms with Crippen molar-refractivity contribution in [2.45, 2.75) is 52.1 Å². The van der Waals surface area contributed by atoms with E-state index in [2.05, 4.69) is 19.9 Å². The molecular formula is C12H20O. The molecule has 2 saturated carbocycles. The van der Waals surface area contributed by atoms with Crippen molar-refractivity contribution in [2.24, 2.45) is 11.3 Å². The summed E-state index contributed by atoms with van der Waals surface area (Å²) in [7, 11) is 0. The summed E-state index contributed by atoms with van der Waals surface area (Å²) in [5.41, 5.74) is 2.08. The topological polar surface area (TPSA) is 20.2 Å². The van der Waals surface area contributed by atoms with Crippen molar-refractivity contribution in [1.82, 2.24) is 0 Å². The van der Waals surface area contributed by atoms with Gasteiger partial charge in [0.15, 0.2) is 0 Å². The van der Waals surface area contributed by atoms with Crippen molar-refractivity contribution in [3.8, 4) is 0 Å². The number of hydrogen-bond acceptors (Lipinski definition) is 1. The average molecular weight is 180 g/mol. The number of fused-ring (bicyclic) bond motifs is 1. The van der Waals surface area contributed by atoms with Crippen LogP contribution in [0.15, 0.2) is 11.6 Å². The van der Waals surface area contributed by atoms with Crippen LogP contribution in [0, 0.1) is 11.3 Å². The highest BCUT2D eigenvalue weighted by Crippen LogP contribution is 2.54. The van der Waals surface area contributed by atoms with Crippen LogP contribution in [0.1, 0.15) is 46.0 Å². The second kappa shape index (κ2) is 3.13. The SMILES string of the molecule is C/C=C1/CCC2CC(O)CCC12C. The third kappa shape index (κ3) is 1.34. The van der Waals surface area contributed by atoms with Gasteiger partial charge in [-0.15, -0.1) is 0 Å². The van der Waals surface area contributed by atoms with Gasteiger partial charge in [0.2, 0.25) is 0 Å². The fraction of sp³-hybridized carbons (Fsp3) is 0.833. The van der Waals surface area contributed by atoms with Crippen LogP contribution >= 0.6 is 0 Å². The molecule has 0 aromatic heterocycles. The van der Waals surface area contributed by atoms with Crippen molar-refractivity contribution < 1.29 is 5.11 Å². The Morgan fingerprint density at radius 1 is 1.46 bits per heavy atom. The molecule has 0 aromatic rings. The minimum Gasteiger partial charge on any atom is -0.393 e. The lowest BCUT2D eigenvalue weighted by Gasteiger charge is -2.39. The van der Waals surface area contributed by atoms with E-state index in [1.807, 2.05) is 0 Å². The van der Waals surface area contributed by atoms with Crippen molar-refractivity contribution in [2.75, 3.05) is 0 Å². The van der Waals surface area contributed by atoms with Gasteiger partial charge in [0, 0.05) is 0 Å². The zero-order valence-corrected chi connectivity index (χ0v) is 8.71. The van der Waals surface area contributed by atoms with Gasteiger partial charge < -0.3 is 5.11 Å². The van der Waals surface area contributed by atoms with E-state index in [-0.39, 0.29) is 6.10 Å². The van der Waals surface area contributed by atoms with Gasteiger partial charge in [0.1, 0.15) is 0 Å². The van der Waals surface area contributed by atoms with Crippen molar-refractivity contribution in [3.63, 3.8) is 0 Å². The van der Waals surface area contributed by atoms with Crippen LogP contribution in [0.2, 0.25) is 0 Å². The maximum absolute atomic E-state index is 9.61. The van der Waals surface area contributed by atoms with E-state index >= 15 is 0 Å². The van der Waals surface area contributed by atoms with Crippen LogP contribution < -0.4 is 0 Å². The Bertz CT molecular complexity index is 231. The van der Waals surface area contributed by atoms with Gasteiger partial charge in [-0.05, 0) is 50.4 Å². The molecule has 0 radical (unpaired) electrons. The fourth-order valence-corrected chi connectivity index (χ4v) is 3.33. The number of hydrogen-bond donors (Lipinski definition) is 1. The van der Waals surface area contributed by atoms with Crippen LogP contribution in [0.25, 0.3) is 0 Å². The number of rotatable bonds is 0. The van der Waals surface area contributed by atoms with Crippen LogP contribution in [-0.4, -0.2) is 11.2 Å². The summed E-state index contributed by atoms with van der Waals surface area (Å²) in [6.07, 6.45) is 8.08. The molecule has 0 bridgehead atoms. The molecule has 1 nitrogen and oxygen atoms in total. The highest BCUT2D eigenvalue weighted by molar-refractivity contribution is 5.21. The molecule has 13 heavy (non-hydrogen) atoms. The number of aliphatic hydroxyl groups excluding tert-OH is 1. The third-order valence-corrected chi connectivity index (χ3v) is 4.30. The predicted molar refractivity (Wildman–Crippen MR) is 54.4 cm³/mol. The molecular weight excluding hydrogens is 160 g/mol. The standard InChI is InChI=1S/C12H20O/c1-3-9-4-5-10-8-11(13)6-7-12(9,10)2/h3,10-11,13H,4-8H2,1-2H3/b9-3-. The zero-order valence-electron chi connectivity index (χ0n) is 8.71. The molecule has 2 aliphatic rings. The lowest BCUT2D eigenvalue weighted by Crippen LogP contribution is -2.33. The smallest absolute Gasteiger partial charge is 0.0543 e. The molecule has 74 valence electrons. The quantitative estimate of drug-likeness (QED) is 0.568. The molecule has 0 saturated heterocycles. The first-order chi connectivity index (χ1) is 6.16. The van der Waals surface area contributed by atoms with Gasteiger partial charge in [-0.25, -0.2) is 0 Å². The first-order valence-electron chi connectivity index (χ1n) is 5.50. The largest absolute Gasteiger partial charge is 0.393 e. The van der Waals surface area contributed by atoms with Gasteiger partial charge in [-0.1, -0.05) is 18.6 Å². The van der Waals surface area contributed by atoms with Crippen molar-refractivity contribution in [3.05, 3.63) is 11.6 Å². The molecule has 3 unspecified atom stereocenters. The van der Waals surface area contributed by atoms with Crippen LogP contribution in [-0.2, 0) is 0 Å². The Balaban J connectivity index is 2.22.